The molecule has 0 saturated carbocycles. The van der Waals surface area contributed by atoms with E-state index in [2.05, 4.69) is 0 Å². The highest BCUT2D eigenvalue weighted by Crippen LogP contribution is 2.26. The largest absolute Gasteiger partial charge is 0.462 e. The van der Waals surface area contributed by atoms with Crippen molar-refractivity contribution in [2.24, 2.45) is 0 Å². The van der Waals surface area contributed by atoms with Gasteiger partial charge in [0.25, 0.3) is 0 Å². The Labute approximate surface area is 214 Å². The Morgan fingerprint density at radius 2 is 1.43 bits per heavy atom. The highest BCUT2D eigenvalue weighted by Gasteiger charge is 2.22. The van der Waals surface area contributed by atoms with Crippen molar-refractivity contribution in [1.29, 1.82) is 0 Å². The van der Waals surface area contributed by atoms with Crippen LogP contribution in [0.25, 0.3) is 16.6 Å². The van der Waals surface area contributed by atoms with Gasteiger partial charge in [-0.15, -0.1) is 0 Å². The van der Waals surface area contributed by atoms with E-state index in [1.807, 2.05) is 89.8 Å². The third kappa shape index (κ3) is 4.95. The molecule has 0 aliphatic rings. The summed E-state index contributed by atoms with van der Waals surface area (Å²) in [4.78, 5) is 38.5. The molecule has 0 aliphatic heterocycles. The predicted octanol–water partition coefficient (Wildman–Crippen LogP) is 5.18. The number of Topliss-reactive ketones (excluding diaryl/α,β-unsaturated/α-hetero) is 1. The maximum Gasteiger partial charge on any atom is 0.340 e. The number of aromatic nitrogens is 2. The van der Waals surface area contributed by atoms with Crippen LogP contribution in [0.2, 0.25) is 0 Å². The van der Waals surface area contributed by atoms with Crippen LogP contribution in [0.1, 0.15) is 43.7 Å². The van der Waals surface area contributed by atoms with E-state index in [0.717, 1.165) is 11.1 Å². The van der Waals surface area contributed by atoms with Crippen molar-refractivity contribution < 1.29 is 23.7 Å². The van der Waals surface area contributed by atoms with E-state index in [-0.39, 0.29) is 24.7 Å². The molecule has 3 heterocycles. The number of carbonyl (C=O) groups excluding carboxylic acids is 3. The minimum atomic E-state index is -0.477. The summed E-state index contributed by atoms with van der Waals surface area (Å²) in [6, 6.07) is 27.4. The van der Waals surface area contributed by atoms with Gasteiger partial charge in [-0.3, -0.25) is 9.59 Å². The van der Waals surface area contributed by atoms with Gasteiger partial charge in [0, 0.05) is 29.5 Å². The standard InChI is InChI=1S/C31H25N2O4/c1-2-37-31(36)26-20-28(30(35)24-11-7-4-8-12-24)33-18-15-25(19-27(26)33)22-13-16-32(17-14-22)21-29(34)23-9-5-3-6-10-23/h3-20H,2,21H2,1H3/q+1. The number of nitrogens with zero attached hydrogens (tertiary/aromatic N) is 2. The molecule has 6 heteroatoms. The monoisotopic (exact) mass is 489 g/mol. The molecule has 0 aliphatic carbocycles. The molecule has 3 aromatic heterocycles. The number of hydrogen-bond donors (Lipinski definition) is 0. The van der Waals surface area contributed by atoms with Crippen molar-refractivity contribution in [3.63, 3.8) is 0 Å². The molecule has 5 aromatic rings. The van der Waals surface area contributed by atoms with Gasteiger partial charge < -0.3 is 9.14 Å². The molecule has 2 aromatic carbocycles. The van der Waals surface area contributed by atoms with Crippen LogP contribution in [-0.2, 0) is 11.3 Å². The summed E-state index contributed by atoms with van der Waals surface area (Å²) in [6.07, 6.45) is 5.51. The van der Waals surface area contributed by atoms with Crippen LogP contribution >= 0.6 is 0 Å². The fourth-order valence-electron chi connectivity index (χ4n) is 4.30. The van der Waals surface area contributed by atoms with Crippen LogP contribution in [0.4, 0.5) is 0 Å². The first-order chi connectivity index (χ1) is 18.0. The lowest BCUT2D eigenvalue weighted by atomic mass is 10.1. The molecule has 0 saturated heterocycles. The molecule has 0 radical (unpaired) electrons. The molecule has 0 spiro atoms. The normalized spacial score (nSPS) is 10.8. The number of fused-ring (bicyclic) bond motifs is 1. The zero-order valence-corrected chi connectivity index (χ0v) is 20.3. The van der Waals surface area contributed by atoms with E-state index in [4.69, 9.17) is 4.74 Å². The number of hydrogen-bond acceptors (Lipinski definition) is 4. The molecule has 6 nitrogen and oxygen atoms in total. The molecule has 5 rings (SSSR count). The minimum absolute atomic E-state index is 0.0302. The van der Waals surface area contributed by atoms with Gasteiger partial charge in [-0.2, -0.15) is 4.57 Å². The number of ether oxygens (including phenoxy) is 1. The van der Waals surface area contributed by atoms with E-state index in [1.54, 1.807) is 35.7 Å². The van der Waals surface area contributed by atoms with Crippen LogP contribution in [0.3, 0.4) is 0 Å². The average molecular weight is 490 g/mol. The molecular formula is C31H25N2O4+. The Hall–Kier alpha value is -4.84. The number of benzene rings is 2. The van der Waals surface area contributed by atoms with Crippen LogP contribution in [0.15, 0.2) is 110 Å². The van der Waals surface area contributed by atoms with Crippen molar-refractivity contribution in [2.45, 2.75) is 13.5 Å². The maximum absolute atomic E-state index is 13.2. The quantitative estimate of drug-likeness (QED) is 0.171. The van der Waals surface area contributed by atoms with E-state index < -0.39 is 5.97 Å². The second kappa shape index (κ2) is 10.4. The summed E-state index contributed by atoms with van der Waals surface area (Å²) in [5.41, 5.74) is 4.31. The van der Waals surface area contributed by atoms with Crippen LogP contribution in [-0.4, -0.2) is 28.5 Å². The average Bonchev–Trinajstić information content (AvgIpc) is 3.33. The molecule has 0 amide bonds. The lowest BCUT2D eigenvalue weighted by molar-refractivity contribution is -0.683. The SMILES string of the molecule is CCOC(=O)c1cc(C(=O)c2ccccc2)n2ccc(-c3cc[n+](CC(=O)c4ccccc4)cc3)cc12. The second-order valence-corrected chi connectivity index (χ2v) is 8.58. The first-order valence-electron chi connectivity index (χ1n) is 12.0. The van der Waals surface area contributed by atoms with Crippen LogP contribution < -0.4 is 4.57 Å². The number of carbonyl (C=O) groups is 3. The smallest absolute Gasteiger partial charge is 0.340 e. The molecule has 0 atom stereocenters. The molecule has 37 heavy (non-hydrogen) atoms. The second-order valence-electron chi connectivity index (χ2n) is 8.58. The summed E-state index contributed by atoms with van der Waals surface area (Å²) in [5.74, 6) is -0.625. The maximum atomic E-state index is 13.2. The molecule has 0 N–H and O–H groups in total. The van der Waals surface area contributed by atoms with Crippen molar-refractivity contribution in [1.82, 2.24) is 4.40 Å². The lowest BCUT2D eigenvalue weighted by Crippen LogP contribution is -2.37. The summed E-state index contributed by atoms with van der Waals surface area (Å²) < 4.78 is 8.83. The third-order valence-corrected chi connectivity index (χ3v) is 6.18. The number of ketones is 2. The number of esters is 1. The van der Waals surface area contributed by atoms with Gasteiger partial charge in [0.15, 0.2) is 12.4 Å². The topological polar surface area (TPSA) is 68.7 Å². The fraction of sp³-hybridized carbons (Fsp3) is 0.0968. The highest BCUT2D eigenvalue weighted by molar-refractivity contribution is 6.11. The van der Waals surface area contributed by atoms with Crippen molar-refractivity contribution in [2.75, 3.05) is 6.61 Å². The highest BCUT2D eigenvalue weighted by atomic mass is 16.5. The van der Waals surface area contributed by atoms with Crippen LogP contribution in [0, 0.1) is 0 Å². The summed E-state index contributed by atoms with van der Waals surface area (Å²) in [6.45, 7) is 2.22. The Balaban J connectivity index is 1.48. The summed E-state index contributed by atoms with van der Waals surface area (Å²) in [7, 11) is 0. The predicted molar refractivity (Wildman–Crippen MR) is 140 cm³/mol. The zero-order valence-electron chi connectivity index (χ0n) is 20.3. The first-order valence-corrected chi connectivity index (χ1v) is 12.0. The van der Waals surface area contributed by atoms with E-state index >= 15 is 0 Å². The summed E-state index contributed by atoms with van der Waals surface area (Å²) in [5, 5.41) is 0. The van der Waals surface area contributed by atoms with E-state index in [1.165, 1.54) is 0 Å². The van der Waals surface area contributed by atoms with Gasteiger partial charge in [-0.1, -0.05) is 60.7 Å². The molecule has 0 bridgehead atoms. The third-order valence-electron chi connectivity index (χ3n) is 6.18. The zero-order chi connectivity index (χ0) is 25.8. The van der Waals surface area contributed by atoms with E-state index in [0.29, 0.717) is 27.9 Å². The van der Waals surface area contributed by atoms with Gasteiger partial charge >= 0.3 is 5.97 Å². The van der Waals surface area contributed by atoms with Gasteiger partial charge in [0.05, 0.1) is 23.4 Å². The van der Waals surface area contributed by atoms with Gasteiger partial charge in [-0.05, 0) is 36.2 Å². The Morgan fingerprint density at radius 1 is 0.784 bits per heavy atom. The van der Waals surface area contributed by atoms with Gasteiger partial charge in [-0.25, -0.2) is 4.79 Å². The van der Waals surface area contributed by atoms with Crippen molar-refractivity contribution >= 4 is 23.1 Å². The van der Waals surface area contributed by atoms with Crippen LogP contribution in [0.5, 0.6) is 0 Å². The number of rotatable bonds is 8. The number of pyridine rings is 2. The molecule has 182 valence electrons. The Bertz CT molecular complexity index is 1590. The summed E-state index contributed by atoms with van der Waals surface area (Å²) >= 11 is 0. The fourth-order valence-corrected chi connectivity index (χ4v) is 4.30. The molecular weight excluding hydrogens is 464 g/mol. The van der Waals surface area contributed by atoms with E-state index in [9.17, 15) is 14.4 Å². The molecule has 0 fully saturated rings. The van der Waals surface area contributed by atoms with Crippen molar-refractivity contribution in [3.05, 3.63) is 132 Å². The Kier molecular flexibility index (Phi) is 6.72. The Morgan fingerprint density at radius 3 is 2.08 bits per heavy atom. The lowest BCUT2D eigenvalue weighted by Gasteiger charge is -2.07. The van der Waals surface area contributed by atoms with Gasteiger partial charge in [0.1, 0.15) is 0 Å². The van der Waals surface area contributed by atoms with Crippen molar-refractivity contribution in [3.8, 4) is 11.1 Å². The van der Waals surface area contributed by atoms with Gasteiger partial charge in [0.2, 0.25) is 18.1 Å². The first kappa shape index (κ1) is 23.9. The molecule has 0 unspecified atom stereocenters. The minimum Gasteiger partial charge on any atom is -0.462 e.